The van der Waals surface area contributed by atoms with Crippen LogP contribution in [0.1, 0.15) is 25.7 Å². The van der Waals surface area contributed by atoms with Crippen LogP contribution >= 0.6 is 11.6 Å². The fraction of sp³-hybridized carbons (Fsp3) is 0.500. The molecule has 120 valence electrons. The van der Waals surface area contributed by atoms with E-state index in [9.17, 15) is 9.59 Å². The van der Waals surface area contributed by atoms with Gasteiger partial charge in [0.05, 0.1) is 6.54 Å². The van der Waals surface area contributed by atoms with Gasteiger partial charge < -0.3 is 11.1 Å². The van der Waals surface area contributed by atoms with E-state index in [0.717, 1.165) is 38.0 Å². The molecule has 1 aliphatic heterocycles. The molecule has 0 aliphatic carbocycles. The fourth-order valence-corrected chi connectivity index (χ4v) is 2.94. The molecule has 1 aliphatic rings. The molecule has 1 saturated heterocycles. The Morgan fingerprint density at radius 3 is 2.73 bits per heavy atom. The molecule has 0 spiro atoms. The molecule has 2 amide bonds. The molecule has 0 saturated carbocycles. The van der Waals surface area contributed by atoms with Crippen molar-refractivity contribution in [3.8, 4) is 0 Å². The van der Waals surface area contributed by atoms with Crippen molar-refractivity contribution in [2.24, 2.45) is 11.7 Å². The summed E-state index contributed by atoms with van der Waals surface area (Å²) in [5.41, 5.74) is 5.94. The number of rotatable bonds is 6. The predicted octanol–water partition coefficient (Wildman–Crippen LogP) is 2.26. The van der Waals surface area contributed by atoms with Crippen LogP contribution in [0, 0.1) is 5.92 Å². The number of primary amides is 1. The van der Waals surface area contributed by atoms with Gasteiger partial charge in [-0.15, -0.1) is 0 Å². The van der Waals surface area contributed by atoms with E-state index in [1.54, 1.807) is 24.3 Å². The summed E-state index contributed by atoms with van der Waals surface area (Å²) in [4.78, 5) is 25.1. The number of amides is 2. The van der Waals surface area contributed by atoms with E-state index in [2.05, 4.69) is 10.2 Å². The first-order valence-electron chi connectivity index (χ1n) is 7.59. The summed E-state index contributed by atoms with van der Waals surface area (Å²) in [6.07, 6.45) is 3.39. The van der Waals surface area contributed by atoms with Crippen LogP contribution in [0.5, 0.6) is 0 Å². The van der Waals surface area contributed by atoms with Crippen LogP contribution in [0.4, 0.5) is 5.69 Å². The number of nitrogens with one attached hydrogen (secondary N) is 1. The third-order valence-corrected chi connectivity index (χ3v) is 4.15. The highest BCUT2D eigenvalue weighted by Crippen LogP contribution is 2.21. The Hall–Kier alpha value is -1.59. The van der Waals surface area contributed by atoms with Gasteiger partial charge in [-0.05, 0) is 56.0 Å². The Morgan fingerprint density at radius 1 is 1.32 bits per heavy atom. The van der Waals surface area contributed by atoms with E-state index in [1.165, 1.54) is 0 Å². The summed E-state index contributed by atoms with van der Waals surface area (Å²) in [6, 6.07) is 7.06. The molecule has 3 N–H and O–H groups in total. The maximum Gasteiger partial charge on any atom is 0.238 e. The first-order chi connectivity index (χ1) is 10.5. The van der Waals surface area contributed by atoms with Crippen LogP contribution in [-0.2, 0) is 9.59 Å². The lowest BCUT2D eigenvalue weighted by Crippen LogP contribution is -2.40. The molecule has 6 heteroatoms. The van der Waals surface area contributed by atoms with Gasteiger partial charge in [0.15, 0.2) is 0 Å². The molecule has 1 aromatic rings. The number of nitrogens with two attached hydrogens (primary N) is 1. The number of anilines is 1. The first-order valence-corrected chi connectivity index (χ1v) is 7.97. The maximum atomic E-state index is 12.1. The van der Waals surface area contributed by atoms with E-state index in [1.807, 2.05) is 0 Å². The van der Waals surface area contributed by atoms with Crippen molar-refractivity contribution >= 4 is 29.1 Å². The van der Waals surface area contributed by atoms with Gasteiger partial charge >= 0.3 is 0 Å². The van der Waals surface area contributed by atoms with Gasteiger partial charge in [0, 0.05) is 23.7 Å². The highest BCUT2D eigenvalue weighted by atomic mass is 35.5. The van der Waals surface area contributed by atoms with Gasteiger partial charge in [-0.25, -0.2) is 0 Å². The summed E-state index contributed by atoms with van der Waals surface area (Å²) in [5.74, 6) is 0.167. The van der Waals surface area contributed by atoms with E-state index in [0.29, 0.717) is 23.9 Å². The Balaban J connectivity index is 1.78. The summed E-state index contributed by atoms with van der Waals surface area (Å²) in [7, 11) is 0. The Bertz CT molecular complexity index is 519. The number of carbonyl (C=O) groups excluding carboxylic acids is 2. The van der Waals surface area contributed by atoms with E-state index in [4.69, 9.17) is 17.3 Å². The minimum absolute atomic E-state index is 0.0297. The Morgan fingerprint density at radius 2 is 2.05 bits per heavy atom. The molecule has 0 bridgehead atoms. The number of likely N-dealkylation sites (tertiary alicyclic amines) is 1. The summed E-state index contributed by atoms with van der Waals surface area (Å²) in [6.45, 7) is 2.14. The quantitative estimate of drug-likeness (QED) is 0.843. The fourth-order valence-electron chi connectivity index (χ4n) is 2.81. The molecule has 1 fully saturated rings. The zero-order valence-electron chi connectivity index (χ0n) is 12.6. The average Bonchev–Trinajstić information content (AvgIpc) is 2.48. The van der Waals surface area contributed by atoms with E-state index < -0.39 is 0 Å². The third kappa shape index (κ3) is 5.66. The van der Waals surface area contributed by atoms with Crippen molar-refractivity contribution in [2.75, 3.05) is 25.0 Å². The number of benzene rings is 1. The van der Waals surface area contributed by atoms with Crippen molar-refractivity contribution in [1.29, 1.82) is 0 Å². The second kappa shape index (κ2) is 8.15. The number of piperidine rings is 1. The lowest BCUT2D eigenvalue weighted by atomic mass is 9.93. The second-order valence-corrected chi connectivity index (χ2v) is 6.24. The predicted molar refractivity (Wildman–Crippen MR) is 87.7 cm³/mol. The largest absolute Gasteiger partial charge is 0.370 e. The highest BCUT2D eigenvalue weighted by molar-refractivity contribution is 6.30. The van der Waals surface area contributed by atoms with Crippen molar-refractivity contribution in [3.05, 3.63) is 29.3 Å². The van der Waals surface area contributed by atoms with Crippen molar-refractivity contribution in [2.45, 2.75) is 25.7 Å². The highest BCUT2D eigenvalue weighted by Gasteiger charge is 2.21. The van der Waals surface area contributed by atoms with Gasteiger partial charge in [0.2, 0.25) is 11.8 Å². The van der Waals surface area contributed by atoms with Gasteiger partial charge in [-0.2, -0.15) is 0 Å². The molecular weight excluding hydrogens is 302 g/mol. The molecule has 1 heterocycles. The summed E-state index contributed by atoms with van der Waals surface area (Å²) < 4.78 is 0. The molecule has 22 heavy (non-hydrogen) atoms. The van der Waals surface area contributed by atoms with E-state index in [-0.39, 0.29) is 11.8 Å². The summed E-state index contributed by atoms with van der Waals surface area (Å²) in [5, 5.41) is 3.51. The van der Waals surface area contributed by atoms with Gasteiger partial charge in [0.25, 0.3) is 0 Å². The van der Waals surface area contributed by atoms with Crippen LogP contribution in [0.2, 0.25) is 5.02 Å². The first kappa shape index (κ1) is 16.8. The standard InChI is InChI=1S/C16H22ClN3O2/c17-13-4-6-14(7-5-13)19-16(22)11-20-9-1-2-12(10-20)3-8-15(18)21/h4-7,12H,1-3,8-11H2,(H2,18,21)(H,19,22)/t12-/m0/s1. The monoisotopic (exact) mass is 323 g/mol. The maximum absolute atomic E-state index is 12.1. The summed E-state index contributed by atoms with van der Waals surface area (Å²) >= 11 is 5.82. The van der Waals surface area contributed by atoms with Crippen LogP contribution < -0.4 is 11.1 Å². The van der Waals surface area contributed by atoms with Crippen LogP contribution in [-0.4, -0.2) is 36.3 Å². The van der Waals surface area contributed by atoms with Gasteiger partial charge in [-0.3, -0.25) is 14.5 Å². The number of halogens is 1. The lowest BCUT2D eigenvalue weighted by molar-refractivity contribution is -0.119. The number of carbonyl (C=O) groups is 2. The number of hydrogen-bond acceptors (Lipinski definition) is 3. The molecular formula is C16H22ClN3O2. The molecule has 0 radical (unpaired) electrons. The average molecular weight is 324 g/mol. The molecule has 1 aromatic carbocycles. The Kier molecular flexibility index (Phi) is 6.21. The smallest absolute Gasteiger partial charge is 0.238 e. The van der Waals surface area contributed by atoms with Crippen molar-refractivity contribution in [3.63, 3.8) is 0 Å². The zero-order chi connectivity index (χ0) is 15.9. The second-order valence-electron chi connectivity index (χ2n) is 5.80. The number of nitrogens with zero attached hydrogens (tertiary/aromatic N) is 1. The topological polar surface area (TPSA) is 75.4 Å². The molecule has 0 unspecified atom stereocenters. The normalized spacial score (nSPS) is 18.9. The molecule has 0 aromatic heterocycles. The minimum atomic E-state index is -0.252. The van der Waals surface area contributed by atoms with Crippen LogP contribution in [0.25, 0.3) is 0 Å². The zero-order valence-corrected chi connectivity index (χ0v) is 13.3. The minimum Gasteiger partial charge on any atom is -0.370 e. The molecule has 2 rings (SSSR count). The van der Waals surface area contributed by atoms with Gasteiger partial charge in [-0.1, -0.05) is 11.6 Å². The molecule has 1 atom stereocenters. The SMILES string of the molecule is NC(=O)CC[C@@H]1CCCN(CC(=O)Nc2ccc(Cl)cc2)C1. The van der Waals surface area contributed by atoms with Crippen molar-refractivity contribution in [1.82, 2.24) is 4.90 Å². The van der Waals surface area contributed by atoms with Gasteiger partial charge in [0.1, 0.15) is 0 Å². The number of hydrogen-bond donors (Lipinski definition) is 2. The molecule has 5 nitrogen and oxygen atoms in total. The van der Waals surface area contributed by atoms with E-state index >= 15 is 0 Å². The van der Waals surface area contributed by atoms with Crippen LogP contribution in [0.15, 0.2) is 24.3 Å². The Labute approximate surface area is 135 Å². The lowest BCUT2D eigenvalue weighted by Gasteiger charge is -2.32. The van der Waals surface area contributed by atoms with Crippen molar-refractivity contribution < 1.29 is 9.59 Å². The van der Waals surface area contributed by atoms with Crippen LogP contribution in [0.3, 0.4) is 0 Å². The third-order valence-electron chi connectivity index (χ3n) is 3.90.